The van der Waals surface area contributed by atoms with Crippen LogP contribution in [0.4, 0.5) is 0 Å². The van der Waals surface area contributed by atoms with Crippen molar-refractivity contribution in [3.63, 3.8) is 0 Å². The van der Waals surface area contributed by atoms with Crippen molar-refractivity contribution in [2.24, 2.45) is 5.84 Å². The van der Waals surface area contributed by atoms with Gasteiger partial charge in [-0.2, -0.15) is 0 Å². The van der Waals surface area contributed by atoms with E-state index < -0.39 is 0 Å². The molecule has 6 heteroatoms. The summed E-state index contributed by atoms with van der Waals surface area (Å²) >= 11 is 10.8. The summed E-state index contributed by atoms with van der Waals surface area (Å²) in [7, 11) is 0. The molecule has 4 N–H and O–H groups in total. The number of nitrogens with one attached hydrogen (secondary N) is 1. The molecule has 16 heavy (non-hydrogen) atoms. The number of aliphatic hydroxyl groups is 1. The smallest absolute Gasteiger partial charge is 0.183 e. The van der Waals surface area contributed by atoms with Gasteiger partial charge in [-0.1, -0.05) is 23.7 Å². The lowest BCUT2D eigenvalue weighted by molar-refractivity contribution is 0.250. The fourth-order valence-corrected chi connectivity index (χ4v) is 1.38. The molecule has 0 spiro atoms. The number of thiocarbonyl (C=S) groups is 1. The van der Waals surface area contributed by atoms with Crippen LogP contribution in [0.25, 0.3) is 0 Å². The van der Waals surface area contributed by atoms with Gasteiger partial charge in [-0.25, -0.2) is 5.84 Å². The van der Waals surface area contributed by atoms with Gasteiger partial charge in [-0.3, -0.25) is 5.01 Å². The van der Waals surface area contributed by atoms with Crippen LogP contribution in [-0.4, -0.2) is 28.4 Å². The topological polar surface area (TPSA) is 61.5 Å². The summed E-state index contributed by atoms with van der Waals surface area (Å²) in [5, 5.41) is 14.1. The molecule has 0 saturated heterocycles. The fourth-order valence-electron chi connectivity index (χ4n) is 1.09. The monoisotopic (exact) mass is 259 g/mol. The van der Waals surface area contributed by atoms with Crippen LogP contribution in [0.5, 0.6) is 0 Å². The number of halogens is 1. The zero-order chi connectivity index (χ0) is 12.0. The molecule has 1 aromatic carbocycles. The van der Waals surface area contributed by atoms with E-state index in [1.54, 1.807) is 0 Å². The predicted octanol–water partition coefficient (Wildman–Crippen LogP) is 0.883. The van der Waals surface area contributed by atoms with Gasteiger partial charge in [-0.05, 0) is 29.9 Å². The van der Waals surface area contributed by atoms with Gasteiger partial charge in [0, 0.05) is 11.6 Å². The van der Waals surface area contributed by atoms with Crippen molar-refractivity contribution in [1.82, 2.24) is 10.3 Å². The molecule has 1 aromatic rings. The van der Waals surface area contributed by atoms with E-state index in [1.165, 1.54) is 5.01 Å². The van der Waals surface area contributed by atoms with E-state index in [1.807, 2.05) is 24.3 Å². The third kappa shape index (κ3) is 4.32. The second-order valence-electron chi connectivity index (χ2n) is 3.20. The van der Waals surface area contributed by atoms with Crippen molar-refractivity contribution in [1.29, 1.82) is 0 Å². The predicted molar refractivity (Wildman–Crippen MR) is 68.9 cm³/mol. The van der Waals surface area contributed by atoms with Crippen LogP contribution >= 0.6 is 23.8 Å². The van der Waals surface area contributed by atoms with E-state index in [-0.39, 0.29) is 6.61 Å². The molecule has 0 aromatic heterocycles. The Labute approximate surface area is 105 Å². The average molecular weight is 260 g/mol. The van der Waals surface area contributed by atoms with Crippen LogP contribution in [0.2, 0.25) is 5.02 Å². The van der Waals surface area contributed by atoms with Gasteiger partial charge >= 0.3 is 0 Å². The summed E-state index contributed by atoms with van der Waals surface area (Å²) in [6.45, 7) is 0.862. The highest BCUT2D eigenvalue weighted by molar-refractivity contribution is 7.80. The van der Waals surface area contributed by atoms with E-state index in [0.717, 1.165) is 5.56 Å². The fraction of sp³-hybridized carbons (Fsp3) is 0.300. The van der Waals surface area contributed by atoms with Crippen molar-refractivity contribution in [3.8, 4) is 0 Å². The number of hydrazine groups is 1. The molecule has 0 atom stereocenters. The molecule has 4 nitrogen and oxygen atoms in total. The van der Waals surface area contributed by atoms with Gasteiger partial charge in [0.15, 0.2) is 5.11 Å². The highest BCUT2D eigenvalue weighted by Gasteiger charge is 2.03. The second kappa shape index (κ2) is 6.65. The van der Waals surface area contributed by atoms with Gasteiger partial charge in [0.1, 0.15) is 0 Å². The summed E-state index contributed by atoms with van der Waals surface area (Å²) in [5.74, 6) is 5.56. The summed E-state index contributed by atoms with van der Waals surface area (Å²) in [6.07, 6.45) is 0. The van der Waals surface area contributed by atoms with E-state index in [9.17, 15) is 0 Å². The first-order valence-corrected chi connectivity index (χ1v) is 5.57. The van der Waals surface area contributed by atoms with Gasteiger partial charge in [-0.15, -0.1) is 0 Å². The van der Waals surface area contributed by atoms with E-state index in [0.29, 0.717) is 23.2 Å². The van der Waals surface area contributed by atoms with Gasteiger partial charge in [0.2, 0.25) is 0 Å². The van der Waals surface area contributed by atoms with Crippen molar-refractivity contribution >= 4 is 28.9 Å². The lowest BCUT2D eigenvalue weighted by Gasteiger charge is -2.19. The van der Waals surface area contributed by atoms with Crippen molar-refractivity contribution in [2.45, 2.75) is 6.54 Å². The standard InChI is InChI=1S/C10H14ClN3OS/c11-9-3-1-8(2-4-9)7-13-10(16)14(12)5-6-15/h1-4,15H,5-7,12H2,(H,13,16). The molecule has 1 rings (SSSR count). The van der Waals surface area contributed by atoms with Gasteiger partial charge < -0.3 is 10.4 Å². The molecule has 0 fully saturated rings. The zero-order valence-electron chi connectivity index (χ0n) is 8.69. The zero-order valence-corrected chi connectivity index (χ0v) is 10.3. The third-order valence-electron chi connectivity index (χ3n) is 1.96. The van der Waals surface area contributed by atoms with E-state index in [4.69, 9.17) is 34.8 Å². The molecular weight excluding hydrogens is 246 g/mol. The minimum absolute atomic E-state index is 0.0285. The Morgan fingerprint density at radius 2 is 2.06 bits per heavy atom. The average Bonchev–Trinajstić information content (AvgIpc) is 2.28. The van der Waals surface area contributed by atoms with Crippen molar-refractivity contribution in [3.05, 3.63) is 34.9 Å². The molecule has 0 saturated carbocycles. The Morgan fingerprint density at radius 3 is 2.62 bits per heavy atom. The maximum Gasteiger partial charge on any atom is 0.183 e. The first-order chi connectivity index (χ1) is 7.63. The number of rotatable bonds is 4. The molecule has 0 radical (unpaired) electrons. The van der Waals surface area contributed by atoms with Crippen molar-refractivity contribution < 1.29 is 5.11 Å². The largest absolute Gasteiger partial charge is 0.394 e. The summed E-state index contributed by atoms with van der Waals surface area (Å²) in [5.41, 5.74) is 1.06. The van der Waals surface area contributed by atoms with E-state index in [2.05, 4.69) is 5.32 Å². The van der Waals surface area contributed by atoms with Gasteiger partial charge in [0.25, 0.3) is 0 Å². The first kappa shape index (κ1) is 13.2. The van der Waals surface area contributed by atoms with Gasteiger partial charge in [0.05, 0.1) is 13.2 Å². The van der Waals surface area contributed by atoms with Crippen LogP contribution < -0.4 is 11.2 Å². The highest BCUT2D eigenvalue weighted by atomic mass is 35.5. The Balaban J connectivity index is 2.39. The number of hydrogen-bond acceptors (Lipinski definition) is 3. The Hall–Kier alpha value is -0.880. The summed E-state index contributed by atoms with van der Waals surface area (Å²) in [6, 6.07) is 7.45. The SMILES string of the molecule is NN(CCO)C(=S)NCc1ccc(Cl)cc1. The molecule has 0 heterocycles. The maximum atomic E-state index is 8.68. The number of nitrogens with two attached hydrogens (primary N) is 1. The minimum Gasteiger partial charge on any atom is -0.394 e. The third-order valence-corrected chi connectivity index (χ3v) is 2.59. The molecule has 0 unspecified atom stereocenters. The lowest BCUT2D eigenvalue weighted by Crippen LogP contribution is -2.45. The quantitative estimate of drug-likeness (QED) is 0.426. The molecule has 0 amide bonds. The van der Waals surface area contributed by atoms with Crippen LogP contribution in [0.1, 0.15) is 5.56 Å². The molecule has 88 valence electrons. The molecule has 0 aliphatic heterocycles. The van der Waals surface area contributed by atoms with Crippen LogP contribution in [0.15, 0.2) is 24.3 Å². The highest BCUT2D eigenvalue weighted by Crippen LogP contribution is 2.09. The number of aliphatic hydroxyl groups excluding tert-OH is 1. The van der Waals surface area contributed by atoms with Crippen LogP contribution in [0.3, 0.4) is 0 Å². The molecular formula is C10H14ClN3OS. The first-order valence-electron chi connectivity index (χ1n) is 4.79. The Morgan fingerprint density at radius 1 is 1.44 bits per heavy atom. The molecule has 0 aliphatic rings. The number of benzene rings is 1. The summed E-state index contributed by atoms with van der Waals surface area (Å²) < 4.78 is 0. The Kier molecular flexibility index (Phi) is 5.48. The lowest BCUT2D eigenvalue weighted by atomic mass is 10.2. The Bertz CT molecular complexity index is 344. The van der Waals surface area contributed by atoms with Crippen LogP contribution in [0, 0.1) is 0 Å². The number of nitrogens with zero attached hydrogens (tertiary/aromatic N) is 1. The minimum atomic E-state index is -0.0285. The second-order valence-corrected chi connectivity index (χ2v) is 4.03. The normalized spacial score (nSPS) is 9.94. The maximum absolute atomic E-state index is 8.68. The summed E-state index contributed by atoms with van der Waals surface area (Å²) in [4.78, 5) is 0. The molecule has 0 aliphatic carbocycles. The number of hydrogen-bond donors (Lipinski definition) is 3. The van der Waals surface area contributed by atoms with E-state index >= 15 is 0 Å². The van der Waals surface area contributed by atoms with Crippen LogP contribution in [-0.2, 0) is 6.54 Å². The molecule has 0 bridgehead atoms. The van der Waals surface area contributed by atoms with Crippen molar-refractivity contribution in [2.75, 3.05) is 13.2 Å².